The van der Waals surface area contributed by atoms with E-state index in [1.54, 1.807) is 25.2 Å². The van der Waals surface area contributed by atoms with E-state index in [1.165, 1.54) is 17.0 Å². The van der Waals surface area contributed by atoms with Crippen LogP contribution in [0.4, 0.5) is 30.8 Å². The lowest BCUT2D eigenvalue weighted by Crippen LogP contribution is -2.38. The zero-order valence-corrected chi connectivity index (χ0v) is 16.3. The van der Waals surface area contributed by atoms with Crippen LogP contribution in [0.15, 0.2) is 30.6 Å². The Morgan fingerprint density at radius 2 is 2.20 bits per heavy atom. The third-order valence-corrected chi connectivity index (χ3v) is 4.52. The molecular weight excluding hydrogens is 398 g/mol. The van der Waals surface area contributed by atoms with Gasteiger partial charge < -0.3 is 25.4 Å². The van der Waals surface area contributed by atoms with E-state index in [4.69, 9.17) is 4.74 Å². The van der Waals surface area contributed by atoms with Gasteiger partial charge in [0, 0.05) is 13.1 Å². The minimum absolute atomic E-state index is 0.0339. The number of carbonyl (C=O) groups is 1. The number of halogens is 2. The number of alkyl halides is 2. The number of pyridine rings is 1. The summed E-state index contributed by atoms with van der Waals surface area (Å²) in [5, 5.41) is 8.86. The Hall–Kier alpha value is -3.47. The summed E-state index contributed by atoms with van der Waals surface area (Å²) >= 11 is 0. The molecule has 2 aromatic heterocycles. The molecule has 1 amide bonds. The third kappa shape index (κ3) is 3.96. The minimum atomic E-state index is -2.98. The Morgan fingerprint density at radius 1 is 1.37 bits per heavy atom. The van der Waals surface area contributed by atoms with E-state index < -0.39 is 12.6 Å². The first kappa shape index (κ1) is 19.8. The molecule has 1 atom stereocenters. The first-order valence-corrected chi connectivity index (χ1v) is 9.24. The number of fused-ring (bicyclic) bond motifs is 3. The number of hydrogen-bond acceptors (Lipinski definition) is 7. The second-order valence-electron chi connectivity index (χ2n) is 6.79. The molecule has 9 nitrogen and oxygen atoms in total. The number of imidazole rings is 1. The molecular formula is C19H20F2N6O3. The highest BCUT2D eigenvalue weighted by Gasteiger charge is 2.19. The predicted octanol–water partition coefficient (Wildman–Crippen LogP) is 3.29. The van der Waals surface area contributed by atoms with Gasteiger partial charge in [0.25, 0.3) is 0 Å². The zero-order valence-electron chi connectivity index (χ0n) is 16.3. The number of amides is 1. The fourth-order valence-corrected chi connectivity index (χ4v) is 3.17. The van der Waals surface area contributed by atoms with E-state index in [0.717, 1.165) is 5.56 Å². The van der Waals surface area contributed by atoms with Crippen LogP contribution in [0, 0.1) is 0 Å². The summed E-state index contributed by atoms with van der Waals surface area (Å²) in [6.45, 7) is -0.675. The second-order valence-corrected chi connectivity index (χ2v) is 6.79. The average molecular weight is 418 g/mol. The highest BCUT2D eigenvalue weighted by Crippen LogP contribution is 2.32. The van der Waals surface area contributed by atoms with E-state index in [-0.39, 0.29) is 25.0 Å². The predicted molar refractivity (Wildman–Crippen MR) is 106 cm³/mol. The van der Waals surface area contributed by atoms with Crippen LogP contribution in [0.2, 0.25) is 0 Å². The number of carbonyl (C=O) groups excluding carboxylic acids is 1. The van der Waals surface area contributed by atoms with Gasteiger partial charge in [-0.25, -0.2) is 19.3 Å². The van der Waals surface area contributed by atoms with Gasteiger partial charge in [0.1, 0.15) is 23.4 Å². The van der Waals surface area contributed by atoms with Crippen LogP contribution in [-0.2, 0) is 11.3 Å². The number of anilines is 3. The quantitative estimate of drug-likeness (QED) is 0.600. The maximum absolute atomic E-state index is 12.9. The van der Waals surface area contributed by atoms with Crippen molar-refractivity contribution in [2.24, 2.45) is 0 Å². The minimum Gasteiger partial charge on any atom is -0.433 e. The molecule has 1 aromatic carbocycles. The topological polar surface area (TPSA) is 102 Å². The summed E-state index contributed by atoms with van der Waals surface area (Å²) in [5.41, 5.74) is 2.46. The normalized spacial score (nSPS) is 16.8. The van der Waals surface area contributed by atoms with Gasteiger partial charge in [0.2, 0.25) is 0 Å². The molecule has 158 valence electrons. The van der Waals surface area contributed by atoms with Crippen molar-refractivity contribution in [3.63, 3.8) is 0 Å². The summed E-state index contributed by atoms with van der Waals surface area (Å²) in [5.74, 6) is 0.289. The fourth-order valence-electron chi connectivity index (χ4n) is 3.17. The Balaban J connectivity index is 1.86. The van der Waals surface area contributed by atoms with Crippen LogP contribution in [0.25, 0.3) is 11.2 Å². The third-order valence-electron chi connectivity index (χ3n) is 4.52. The first-order valence-electron chi connectivity index (χ1n) is 9.24. The van der Waals surface area contributed by atoms with Crippen molar-refractivity contribution in [3.8, 4) is 5.75 Å². The Bertz CT molecular complexity index is 1090. The average Bonchev–Trinajstić information content (AvgIpc) is 3.12. The molecule has 3 heterocycles. The Morgan fingerprint density at radius 3 is 2.97 bits per heavy atom. The molecule has 0 radical (unpaired) electrons. The van der Waals surface area contributed by atoms with Crippen molar-refractivity contribution in [1.82, 2.24) is 19.9 Å². The monoisotopic (exact) mass is 418 g/mol. The fraction of sp³-hybridized carbons (Fsp3) is 0.316. The maximum Gasteiger partial charge on any atom is 0.387 e. The molecule has 11 heteroatoms. The van der Waals surface area contributed by atoms with Crippen LogP contribution in [0.1, 0.15) is 12.5 Å². The van der Waals surface area contributed by atoms with Gasteiger partial charge in [0.15, 0.2) is 5.65 Å². The molecule has 0 spiro atoms. The van der Waals surface area contributed by atoms with Crippen LogP contribution < -0.4 is 20.7 Å². The van der Waals surface area contributed by atoms with Crippen molar-refractivity contribution < 1.29 is 23.0 Å². The molecule has 30 heavy (non-hydrogen) atoms. The number of benzene rings is 1. The summed E-state index contributed by atoms with van der Waals surface area (Å²) < 4.78 is 37.3. The molecule has 3 aromatic rings. The summed E-state index contributed by atoms with van der Waals surface area (Å²) in [4.78, 5) is 21.4. The molecule has 4 rings (SSSR count). The van der Waals surface area contributed by atoms with E-state index in [9.17, 15) is 13.6 Å². The Labute approximate surface area is 170 Å². The van der Waals surface area contributed by atoms with Gasteiger partial charge in [0.05, 0.1) is 30.6 Å². The molecule has 4 bridgehead atoms. The number of ether oxygens (including phenoxy) is 2. The van der Waals surface area contributed by atoms with Gasteiger partial charge in [-0.1, -0.05) is 6.07 Å². The maximum atomic E-state index is 12.9. The lowest BCUT2D eigenvalue weighted by molar-refractivity contribution is -0.0493. The van der Waals surface area contributed by atoms with Crippen molar-refractivity contribution >= 4 is 34.4 Å². The first-order chi connectivity index (χ1) is 14.4. The number of aromatic nitrogens is 3. The molecule has 1 aliphatic rings. The molecule has 1 unspecified atom stereocenters. The summed E-state index contributed by atoms with van der Waals surface area (Å²) in [6.07, 6.45) is 1.38. The standard InChI is InChI=1S/C19H20F2N6O3/c1-10-7-29-8-11-3-4-14(30-18(20)21)12(5-11)25-15-6-13(22-2)16-17(26-15)27(9-23-16)19(28)24-10/h3-6,9-10,18H,7-8H2,1-2H3,(H,24,28)(H2,22,25,26). The summed E-state index contributed by atoms with van der Waals surface area (Å²) in [6, 6.07) is 5.74. The van der Waals surface area contributed by atoms with Crippen molar-refractivity contribution in [3.05, 3.63) is 36.2 Å². The molecule has 1 aliphatic heterocycles. The van der Waals surface area contributed by atoms with Gasteiger partial charge in [-0.15, -0.1) is 0 Å². The van der Waals surface area contributed by atoms with Crippen LogP contribution in [-0.4, -0.2) is 46.9 Å². The van der Waals surface area contributed by atoms with Gasteiger partial charge >= 0.3 is 12.6 Å². The number of nitrogens with zero attached hydrogens (tertiary/aromatic N) is 3. The molecule has 0 saturated heterocycles. The van der Waals surface area contributed by atoms with Gasteiger partial charge in [-0.2, -0.15) is 8.78 Å². The SMILES string of the molecule is CNc1cc2nc3c1ncn3C(=O)NC(C)COCc1ccc(OC(F)F)c(c1)N2. The van der Waals surface area contributed by atoms with Gasteiger partial charge in [-0.3, -0.25) is 0 Å². The van der Waals surface area contributed by atoms with Crippen molar-refractivity contribution in [2.75, 3.05) is 24.3 Å². The van der Waals surface area contributed by atoms with E-state index in [1.807, 2.05) is 6.92 Å². The molecule has 0 aliphatic carbocycles. The smallest absolute Gasteiger partial charge is 0.387 e. The highest BCUT2D eigenvalue weighted by atomic mass is 19.3. The molecule has 0 fully saturated rings. The number of hydrogen-bond donors (Lipinski definition) is 3. The van der Waals surface area contributed by atoms with E-state index >= 15 is 0 Å². The van der Waals surface area contributed by atoms with Crippen molar-refractivity contribution in [1.29, 1.82) is 0 Å². The number of nitrogens with one attached hydrogen (secondary N) is 3. The van der Waals surface area contributed by atoms with Crippen LogP contribution in [0.3, 0.4) is 0 Å². The van der Waals surface area contributed by atoms with Gasteiger partial charge in [-0.05, 0) is 24.6 Å². The lowest BCUT2D eigenvalue weighted by atomic mass is 10.2. The van der Waals surface area contributed by atoms with E-state index in [2.05, 4.69) is 30.7 Å². The largest absolute Gasteiger partial charge is 0.433 e. The van der Waals surface area contributed by atoms with Crippen molar-refractivity contribution in [2.45, 2.75) is 26.2 Å². The molecule has 0 saturated carbocycles. The second kappa shape index (κ2) is 8.11. The number of rotatable bonds is 3. The zero-order chi connectivity index (χ0) is 21.3. The Kier molecular flexibility index (Phi) is 5.36. The van der Waals surface area contributed by atoms with Crippen LogP contribution in [0.5, 0.6) is 5.75 Å². The van der Waals surface area contributed by atoms with Crippen LogP contribution >= 0.6 is 0 Å². The lowest BCUT2D eigenvalue weighted by Gasteiger charge is -2.18. The molecule has 3 N–H and O–H groups in total. The van der Waals surface area contributed by atoms with E-state index in [0.29, 0.717) is 28.4 Å². The highest BCUT2D eigenvalue weighted by molar-refractivity contribution is 5.94. The summed E-state index contributed by atoms with van der Waals surface area (Å²) in [7, 11) is 1.71.